The molecule has 2 amide bonds. The Kier molecular flexibility index (Phi) is 5.30. The fraction of sp³-hybridized carbons (Fsp3) is 0.346. The number of fused-ring (bicyclic) bond motifs is 3. The van der Waals surface area contributed by atoms with E-state index in [4.69, 9.17) is 0 Å². The molecule has 1 unspecified atom stereocenters. The second-order valence-corrected chi connectivity index (χ2v) is 9.82. The third-order valence-electron chi connectivity index (χ3n) is 6.68. The Labute approximate surface area is 186 Å². The zero-order valence-electron chi connectivity index (χ0n) is 18.0. The summed E-state index contributed by atoms with van der Waals surface area (Å²) in [5.41, 5.74) is 7.09. The van der Waals surface area contributed by atoms with Crippen LogP contribution in [-0.2, 0) is 19.3 Å². The lowest BCUT2D eigenvalue weighted by atomic mass is 9.88. The van der Waals surface area contributed by atoms with Crippen LogP contribution in [0.3, 0.4) is 0 Å². The van der Waals surface area contributed by atoms with Crippen molar-refractivity contribution in [2.24, 2.45) is 0 Å². The zero-order valence-corrected chi connectivity index (χ0v) is 18.8. The Hall–Kier alpha value is -2.66. The molecule has 1 atom stereocenters. The van der Waals surface area contributed by atoms with Gasteiger partial charge in [0, 0.05) is 22.0 Å². The molecule has 0 radical (unpaired) electrons. The van der Waals surface area contributed by atoms with Gasteiger partial charge in [-0.15, -0.1) is 11.3 Å². The van der Waals surface area contributed by atoms with Gasteiger partial charge in [0.25, 0.3) is 0 Å². The van der Waals surface area contributed by atoms with E-state index in [-0.39, 0.29) is 17.9 Å². The van der Waals surface area contributed by atoms with Gasteiger partial charge >= 0.3 is 6.03 Å². The lowest BCUT2D eigenvalue weighted by molar-refractivity contribution is 0.195. The maximum absolute atomic E-state index is 13.7. The molecule has 1 aliphatic carbocycles. The van der Waals surface area contributed by atoms with Gasteiger partial charge in [0.2, 0.25) is 0 Å². The fourth-order valence-electron chi connectivity index (χ4n) is 4.86. The van der Waals surface area contributed by atoms with Crippen LogP contribution in [0, 0.1) is 19.7 Å². The predicted molar refractivity (Wildman–Crippen MR) is 125 cm³/mol. The summed E-state index contributed by atoms with van der Waals surface area (Å²) < 4.78 is 13.7. The van der Waals surface area contributed by atoms with Crippen molar-refractivity contribution in [2.45, 2.75) is 52.0 Å². The minimum atomic E-state index is -0.253. The molecule has 3 aromatic rings. The average Bonchev–Trinajstić information content (AvgIpc) is 3.15. The van der Waals surface area contributed by atoms with E-state index in [1.54, 1.807) is 0 Å². The SMILES string of the molecule is Cc1ccc(NC(=O)N2CCc3c(sc4c3CCCC4)C2c2ccc(F)cc2)cc1C. The third-order valence-corrected chi connectivity index (χ3v) is 8.07. The molecule has 160 valence electrons. The zero-order chi connectivity index (χ0) is 21.5. The van der Waals surface area contributed by atoms with Crippen LogP contribution in [0.25, 0.3) is 0 Å². The largest absolute Gasteiger partial charge is 0.322 e. The number of nitrogens with zero attached hydrogens (tertiary/aromatic N) is 1. The van der Waals surface area contributed by atoms with Crippen molar-refractivity contribution in [3.8, 4) is 0 Å². The average molecular weight is 435 g/mol. The quantitative estimate of drug-likeness (QED) is 0.486. The van der Waals surface area contributed by atoms with E-state index < -0.39 is 0 Å². The molecule has 5 rings (SSSR count). The first-order valence-corrected chi connectivity index (χ1v) is 11.9. The molecular formula is C26H27FN2OS. The first kappa shape index (κ1) is 20.3. The predicted octanol–water partition coefficient (Wildman–Crippen LogP) is 6.56. The van der Waals surface area contributed by atoms with Gasteiger partial charge in [-0.05, 0) is 98.0 Å². The molecule has 31 heavy (non-hydrogen) atoms. The third kappa shape index (κ3) is 3.76. The van der Waals surface area contributed by atoms with Crippen molar-refractivity contribution in [2.75, 3.05) is 11.9 Å². The van der Waals surface area contributed by atoms with Crippen molar-refractivity contribution in [1.29, 1.82) is 0 Å². The highest BCUT2D eigenvalue weighted by Crippen LogP contribution is 2.45. The molecule has 0 saturated heterocycles. The minimum Gasteiger partial charge on any atom is -0.312 e. The van der Waals surface area contributed by atoms with Crippen LogP contribution in [0.15, 0.2) is 42.5 Å². The Morgan fingerprint density at radius 2 is 1.77 bits per heavy atom. The Morgan fingerprint density at radius 3 is 2.55 bits per heavy atom. The highest BCUT2D eigenvalue weighted by molar-refractivity contribution is 7.12. The summed E-state index contributed by atoms with van der Waals surface area (Å²) in [7, 11) is 0. The van der Waals surface area contributed by atoms with Crippen LogP contribution in [0.2, 0.25) is 0 Å². The summed E-state index contributed by atoms with van der Waals surface area (Å²) in [6.07, 6.45) is 5.66. The molecule has 1 aromatic heterocycles. The summed E-state index contributed by atoms with van der Waals surface area (Å²) in [4.78, 5) is 18.1. The van der Waals surface area contributed by atoms with Gasteiger partial charge in [-0.25, -0.2) is 9.18 Å². The monoisotopic (exact) mass is 434 g/mol. The molecule has 2 aliphatic rings. The van der Waals surface area contributed by atoms with Crippen LogP contribution in [0.4, 0.5) is 14.9 Å². The summed E-state index contributed by atoms with van der Waals surface area (Å²) >= 11 is 1.86. The van der Waals surface area contributed by atoms with Gasteiger partial charge in [-0.3, -0.25) is 0 Å². The van der Waals surface area contributed by atoms with E-state index in [1.807, 2.05) is 46.6 Å². The highest BCUT2D eigenvalue weighted by atomic mass is 32.1. The number of halogens is 1. The Balaban J connectivity index is 1.52. The molecule has 5 heteroatoms. The number of anilines is 1. The normalized spacial score (nSPS) is 17.8. The van der Waals surface area contributed by atoms with Crippen LogP contribution >= 0.6 is 11.3 Å². The van der Waals surface area contributed by atoms with Gasteiger partial charge in [0.05, 0.1) is 6.04 Å². The van der Waals surface area contributed by atoms with Crippen molar-refractivity contribution < 1.29 is 9.18 Å². The number of benzene rings is 2. The standard InChI is InChI=1S/C26H27FN2OS/c1-16-7-12-20(15-17(16)2)28-26(30)29-14-13-22-21-5-3-4-6-23(21)31-25(22)24(29)18-8-10-19(27)11-9-18/h7-12,15,24H,3-6,13-14H2,1-2H3,(H,28,30). The maximum atomic E-state index is 13.7. The number of carbonyl (C=O) groups is 1. The highest BCUT2D eigenvalue weighted by Gasteiger charge is 2.36. The van der Waals surface area contributed by atoms with E-state index in [0.717, 1.165) is 36.1 Å². The van der Waals surface area contributed by atoms with E-state index in [9.17, 15) is 9.18 Å². The van der Waals surface area contributed by atoms with Gasteiger partial charge in [0.1, 0.15) is 5.82 Å². The second kappa shape index (κ2) is 8.12. The molecule has 0 saturated carbocycles. The number of rotatable bonds is 2. The van der Waals surface area contributed by atoms with Crippen LogP contribution in [0.5, 0.6) is 0 Å². The molecule has 1 aliphatic heterocycles. The van der Waals surface area contributed by atoms with E-state index in [2.05, 4.69) is 19.2 Å². The number of thiophene rings is 1. The summed E-state index contributed by atoms with van der Waals surface area (Å²) in [5, 5.41) is 3.10. The van der Waals surface area contributed by atoms with Crippen LogP contribution in [-0.4, -0.2) is 17.5 Å². The smallest absolute Gasteiger partial charge is 0.312 e. The maximum Gasteiger partial charge on any atom is 0.322 e. The van der Waals surface area contributed by atoms with Gasteiger partial charge in [-0.2, -0.15) is 0 Å². The first-order valence-electron chi connectivity index (χ1n) is 11.0. The minimum absolute atomic E-state index is 0.102. The number of nitrogens with one attached hydrogen (secondary N) is 1. The summed E-state index contributed by atoms with van der Waals surface area (Å²) in [6, 6.07) is 12.4. The van der Waals surface area contributed by atoms with Crippen molar-refractivity contribution in [1.82, 2.24) is 4.90 Å². The van der Waals surface area contributed by atoms with Crippen molar-refractivity contribution >= 4 is 23.1 Å². The molecular weight excluding hydrogens is 407 g/mol. The molecule has 2 heterocycles. The molecule has 3 nitrogen and oxygen atoms in total. The lowest BCUT2D eigenvalue weighted by Gasteiger charge is -2.36. The number of hydrogen-bond donors (Lipinski definition) is 1. The van der Waals surface area contributed by atoms with E-state index >= 15 is 0 Å². The van der Waals surface area contributed by atoms with E-state index in [1.165, 1.54) is 51.4 Å². The first-order chi connectivity index (χ1) is 15.0. The summed E-state index contributed by atoms with van der Waals surface area (Å²) in [5.74, 6) is -0.253. The molecule has 0 spiro atoms. The fourth-order valence-corrected chi connectivity index (χ4v) is 6.44. The van der Waals surface area contributed by atoms with Crippen LogP contribution < -0.4 is 5.32 Å². The van der Waals surface area contributed by atoms with Gasteiger partial charge in [-0.1, -0.05) is 18.2 Å². The van der Waals surface area contributed by atoms with Gasteiger partial charge < -0.3 is 10.2 Å². The molecule has 0 fully saturated rings. The molecule has 0 bridgehead atoms. The number of carbonyl (C=O) groups excluding carboxylic acids is 1. The number of urea groups is 1. The van der Waals surface area contributed by atoms with Gasteiger partial charge in [0.15, 0.2) is 0 Å². The number of hydrogen-bond acceptors (Lipinski definition) is 2. The number of amides is 2. The number of aryl methyl sites for hydroxylation is 3. The Bertz CT molecular complexity index is 1140. The Morgan fingerprint density at radius 1 is 1.00 bits per heavy atom. The molecule has 2 aromatic carbocycles. The van der Waals surface area contributed by atoms with Crippen molar-refractivity contribution in [3.05, 3.63) is 85.9 Å². The van der Waals surface area contributed by atoms with Crippen LogP contribution in [0.1, 0.15) is 56.5 Å². The van der Waals surface area contributed by atoms with Crippen molar-refractivity contribution in [3.63, 3.8) is 0 Å². The molecule has 1 N–H and O–H groups in total. The second-order valence-electron chi connectivity index (χ2n) is 8.68. The van der Waals surface area contributed by atoms with E-state index in [0.29, 0.717) is 6.54 Å². The summed E-state index contributed by atoms with van der Waals surface area (Å²) in [6.45, 7) is 4.78. The topological polar surface area (TPSA) is 32.3 Å². The lowest BCUT2D eigenvalue weighted by Crippen LogP contribution is -2.42.